The van der Waals surface area contributed by atoms with Crippen LogP contribution in [0.15, 0.2) is 30.3 Å². The number of ether oxygens (including phenoxy) is 3. The first kappa shape index (κ1) is 11.1. The first-order chi connectivity index (χ1) is 8.83. The molecule has 0 spiro atoms. The summed E-state index contributed by atoms with van der Waals surface area (Å²) in [5.74, 6) is 0. The van der Waals surface area contributed by atoms with Gasteiger partial charge in [0.25, 0.3) is 0 Å². The van der Waals surface area contributed by atoms with Crippen LogP contribution in [0.3, 0.4) is 0 Å². The lowest BCUT2D eigenvalue weighted by molar-refractivity contribution is -0.401. The summed E-state index contributed by atoms with van der Waals surface area (Å²) < 4.78 is 29.2. The Kier molecular flexibility index (Phi) is 2.36. The first-order valence-electron chi connectivity index (χ1n) is 6.19. The topological polar surface area (TPSA) is 44.8 Å². The van der Waals surface area contributed by atoms with Gasteiger partial charge in [0, 0.05) is 12.8 Å². The maximum Gasteiger partial charge on any atom is 0.172 e. The molecule has 5 rings (SSSR count). The van der Waals surface area contributed by atoms with Gasteiger partial charge in [-0.1, -0.05) is 30.3 Å². The molecule has 94 valence electrons. The van der Waals surface area contributed by atoms with Gasteiger partial charge in [-0.25, -0.2) is 0 Å². The van der Waals surface area contributed by atoms with Crippen LogP contribution in [0.2, 0.25) is 0 Å². The molecule has 0 N–H and O–H groups in total. The van der Waals surface area contributed by atoms with Crippen molar-refractivity contribution >= 4 is 8.46 Å². The predicted molar refractivity (Wildman–Crippen MR) is 63.4 cm³/mol. The Morgan fingerprint density at radius 2 is 1.61 bits per heavy atom. The Hall–Kier alpha value is -0.800. The van der Waals surface area contributed by atoms with Gasteiger partial charge < -0.3 is 14.2 Å². The van der Waals surface area contributed by atoms with Crippen molar-refractivity contribution in [2.24, 2.45) is 0 Å². The fourth-order valence-electron chi connectivity index (χ4n) is 3.30. The zero-order valence-corrected chi connectivity index (χ0v) is 10.6. The summed E-state index contributed by atoms with van der Waals surface area (Å²) in [5.41, 5.74) is 1.02. The van der Waals surface area contributed by atoms with Crippen molar-refractivity contribution in [3.05, 3.63) is 35.9 Å². The van der Waals surface area contributed by atoms with E-state index in [9.17, 15) is 4.57 Å². The van der Waals surface area contributed by atoms with Crippen molar-refractivity contribution in [2.75, 3.05) is 0 Å². The van der Waals surface area contributed by atoms with Crippen LogP contribution in [0.1, 0.15) is 18.4 Å². The lowest BCUT2D eigenvalue weighted by Crippen LogP contribution is -2.65. The SMILES string of the molecule is O=PC1(c2ccccc2)C2CC3OC(CC1O3)O2. The molecule has 1 aromatic rings. The van der Waals surface area contributed by atoms with Crippen molar-refractivity contribution < 1.29 is 18.8 Å². The van der Waals surface area contributed by atoms with Gasteiger partial charge in [-0.2, -0.15) is 0 Å². The smallest absolute Gasteiger partial charge is 0.172 e. The largest absolute Gasteiger partial charge is 0.347 e. The van der Waals surface area contributed by atoms with Crippen molar-refractivity contribution in [1.29, 1.82) is 0 Å². The Bertz CT molecular complexity index is 447. The maximum absolute atomic E-state index is 11.9. The van der Waals surface area contributed by atoms with Crippen LogP contribution in [0.25, 0.3) is 0 Å². The van der Waals surface area contributed by atoms with Crippen LogP contribution >= 0.6 is 8.46 Å². The quantitative estimate of drug-likeness (QED) is 0.769. The van der Waals surface area contributed by atoms with Crippen molar-refractivity contribution in [1.82, 2.24) is 0 Å². The molecule has 4 unspecified atom stereocenters. The Labute approximate surface area is 106 Å². The summed E-state index contributed by atoms with van der Waals surface area (Å²) in [6.07, 6.45) is 0.747. The molecule has 4 bridgehead atoms. The number of hydrogen-bond acceptors (Lipinski definition) is 4. The molecular weight excluding hydrogens is 251 g/mol. The highest BCUT2D eigenvalue weighted by atomic mass is 31.1. The van der Waals surface area contributed by atoms with Crippen molar-refractivity contribution in [3.63, 3.8) is 0 Å². The fraction of sp³-hybridized carbons (Fsp3) is 0.538. The average Bonchev–Trinajstić information content (AvgIpc) is 2.40. The summed E-state index contributed by atoms with van der Waals surface area (Å²) in [4.78, 5) is 0. The van der Waals surface area contributed by atoms with Crippen LogP contribution in [-0.4, -0.2) is 24.8 Å². The van der Waals surface area contributed by atoms with Crippen LogP contribution in [-0.2, 0) is 23.9 Å². The van der Waals surface area contributed by atoms with Gasteiger partial charge in [-0.3, -0.25) is 4.57 Å². The molecule has 5 heteroatoms. The molecule has 4 aliphatic rings. The lowest BCUT2D eigenvalue weighted by atomic mass is 9.79. The summed E-state index contributed by atoms with van der Waals surface area (Å²) in [7, 11) is 0.0667. The molecule has 4 aliphatic heterocycles. The van der Waals surface area contributed by atoms with E-state index in [-0.39, 0.29) is 33.2 Å². The molecule has 4 fully saturated rings. The van der Waals surface area contributed by atoms with Gasteiger partial charge in [0.2, 0.25) is 0 Å². The molecule has 4 atom stereocenters. The van der Waals surface area contributed by atoms with Crippen molar-refractivity contribution in [3.8, 4) is 0 Å². The van der Waals surface area contributed by atoms with E-state index in [0.717, 1.165) is 5.56 Å². The summed E-state index contributed by atoms with van der Waals surface area (Å²) in [6, 6.07) is 9.88. The van der Waals surface area contributed by atoms with E-state index >= 15 is 0 Å². The molecule has 0 radical (unpaired) electrons. The highest BCUT2D eigenvalue weighted by Gasteiger charge is 2.62. The fourth-order valence-corrected chi connectivity index (χ4v) is 4.13. The molecule has 0 aromatic heterocycles. The highest BCUT2D eigenvalue weighted by Crippen LogP contribution is 2.56. The normalized spacial score (nSPS) is 45.6. The second-order valence-electron chi connectivity index (χ2n) is 5.00. The standard InChI is InChI=1S/C13H13O4P/c14-18-13(8-4-2-1-3-5-8)9-6-11-16-10(13)7-12(15-9)17-11/h1-5,9-12H,6-7H2. The second kappa shape index (κ2) is 3.84. The monoisotopic (exact) mass is 264 g/mol. The van der Waals surface area contributed by atoms with E-state index in [1.54, 1.807) is 0 Å². The molecule has 4 nitrogen and oxygen atoms in total. The third-order valence-corrected chi connectivity index (χ3v) is 5.25. The van der Waals surface area contributed by atoms with Crippen LogP contribution in [0.5, 0.6) is 0 Å². The molecule has 0 aliphatic carbocycles. The molecular formula is C13H13O4P. The summed E-state index contributed by atoms with van der Waals surface area (Å²) >= 11 is 0. The zero-order valence-electron chi connectivity index (χ0n) is 9.69. The Balaban J connectivity index is 1.83. The Morgan fingerprint density at radius 3 is 2.17 bits per heavy atom. The third kappa shape index (κ3) is 1.32. The van der Waals surface area contributed by atoms with E-state index in [0.29, 0.717) is 12.8 Å². The van der Waals surface area contributed by atoms with Gasteiger partial charge in [0.15, 0.2) is 21.0 Å². The zero-order chi connectivity index (χ0) is 12.2. The molecule has 1 aromatic carbocycles. The first-order valence-corrected chi connectivity index (χ1v) is 7.00. The number of rotatable bonds is 2. The predicted octanol–water partition coefficient (Wildman–Crippen LogP) is 2.43. The van der Waals surface area contributed by atoms with Crippen LogP contribution < -0.4 is 0 Å². The summed E-state index contributed by atoms with van der Waals surface area (Å²) in [5, 5.41) is -0.571. The summed E-state index contributed by atoms with van der Waals surface area (Å²) in [6.45, 7) is 0. The molecule has 0 amide bonds. The number of benzene rings is 1. The number of hydrogen-bond donors (Lipinski definition) is 0. The van der Waals surface area contributed by atoms with Gasteiger partial charge in [0.05, 0.1) is 12.2 Å². The molecule has 0 saturated carbocycles. The minimum Gasteiger partial charge on any atom is -0.347 e. The van der Waals surface area contributed by atoms with Gasteiger partial charge in [0.1, 0.15) is 5.16 Å². The third-order valence-electron chi connectivity index (χ3n) is 4.12. The Morgan fingerprint density at radius 1 is 1.00 bits per heavy atom. The lowest BCUT2D eigenvalue weighted by Gasteiger charge is -2.57. The van der Waals surface area contributed by atoms with E-state index < -0.39 is 5.16 Å². The van der Waals surface area contributed by atoms with Crippen molar-refractivity contribution in [2.45, 2.75) is 42.8 Å². The van der Waals surface area contributed by atoms with Gasteiger partial charge in [-0.15, -0.1) is 0 Å². The van der Waals surface area contributed by atoms with E-state index in [4.69, 9.17) is 14.2 Å². The van der Waals surface area contributed by atoms with E-state index in [2.05, 4.69) is 0 Å². The highest BCUT2D eigenvalue weighted by molar-refractivity contribution is 7.25. The minimum absolute atomic E-state index is 0.0667. The van der Waals surface area contributed by atoms with Gasteiger partial charge >= 0.3 is 0 Å². The maximum atomic E-state index is 11.9. The van der Waals surface area contributed by atoms with E-state index in [1.807, 2.05) is 30.3 Å². The van der Waals surface area contributed by atoms with Gasteiger partial charge in [-0.05, 0) is 5.56 Å². The average molecular weight is 264 g/mol. The van der Waals surface area contributed by atoms with E-state index in [1.165, 1.54) is 0 Å². The minimum atomic E-state index is -0.571. The molecule has 18 heavy (non-hydrogen) atoms. The van der Waals surface area contributed by atoms with Crippen LogP contribution in [0.4, 0.5) is 0 Å². The molecule has 4 saturated heterocycles. The van der Waals surface area contributed by atoms with Crippen LogP contribution in [0, 0.1) is 0 Å². The molecule has 4 heterocycles. The second-order valence-corrected chi connectivity index (χ2v) is 5.92.